The van der Waals surface area contributed by atoms with Gasteiger partial charge >= 0.3 is 0 Å². The number of aliphatic imine (C=N–C) groups is 1. The second kappa shape index (κ2) is 9.13. The first-order valence-corrected chi connectivity index (χ1v) is 10.2. The van der Waals surface area contributed by atoms with Crippen LogP contribution in [-0.2, 0) is 0 Å². The summed E-state index contributed by atoms with van der Waals surface area (Å²) in [5.41, 5.74) is 4.72. The van der Waals surface area contributed by atoms with Crippen LogP contribution in [0.4, 0.5) is 5.69 Å². The van der Waals surface area contributed by atoms with E-state index in [1.54, 1.807) is 0 Å². The minimum atomic E-state index is 0.170. The zero-order chi connectivity index (χ0) is 20.1. The first-order chi connectivity index (χ1) is 13.5. The number of rotatable bonds is 6. The molecular weight excluding hydrogens is 350 g/mol. The van der Waals surface area contributed by atoms with E-state index >= 15 is 0 Å². The number of benzene rings is 1. The highest BCUT2D eigenvalue weighted by Crippen LogP contribution is 2.24. The first kappa shape index (κ1) is 20.2. The van der Waals surface area contributed by atoms with Gasteiger partial charge in [0.25, 0.3) is 0 Å². The van der Waals surface area contributed by atoms with Crippen LogP contribution in [-0.4, -0.2) is 37.8 Å². The Bertz CT molecular complexity index is 788. The Morgan fingerprint density at radius 3 is 2.64 bits per heavy atom. The Morgan fingerprint density at radius 2 is 2.00 bits per heavy atom. The smallest absolute Gasteiger partial charge is 0.191 e. The number of hydrogen-bond donors (Lipinski definition) is 2. The van der Waals surface area contributed by atoms with Crippen LogP contribution >= 0.6 is 0 Å². The average Bonchev–Trinajstić information content (AvgIpc) is 3.35. The molecule has 2 N–H and O–H groups in total. The molecule has 6 heteroatoms. The van der Waals surface area contributed by atoms with Crippen molar-refractivity contribution in [2.24, 2.45) is 4.99 Å². The van der Waals surface area contributed by atoms with Crippen molar-refractivity contribution in [2.75, 3.05) is 31.6 Å². The highest BCUT2D eigenvalue weighted by atomic mass is 16.5. The zero-order valence-corrected chi connectivity index (χ0v) is 17.7. The van der Waals surface area contributed by atoms with Crippen LogP contribution in [0.25, 0.3) is 0 Å². The molecule has 152 valence electrons. The summed E-state index contributed by atoms with van der Waals surface area (Å²) in [4.78, 5) is 6.86. The monoisotopic (exact) mass is 383 g/mol. The highest BCUT2D eigenvalue weighted by molar-refractivity contribution is 5.80. The van der Waals surface area contributed by atoms with Gasteiger partial charge in [-0.05, 0) is 51.3 Å². The third-order valence-electron chi connectivity index (χ3n) is 5.58. The van der Waals surface area contributed by atoms with E-state index in [1.165, 1.54) is 29.7 Å². The van der Waals surface area contributed by atoms with Gasteiger partial charge in [-0.25, -0.2) is 0 Å². The lowest BCUT2D eigenvalue weighted by Crippen LogP contribution is -2.40. The Labute approximate surface area is 168 Å². The number of aryl methyl sites for hydroxylation is 2. The standard InChI is InChI=1S/C22H33N5O/c1-15(21-17(3)26-28-18(21)4)14-24-22(23-5)25-16(2)19-9-8-10-20(13-19)27-11-6-7-12-27/h8-10,13,15-16H,6-7,11-12,14H2,1-5H3,(H2,23,24,25). The second-order valence-corrected chi connectivity index (χ2v) is 7.75. The lowest BCUT2D eigenvalue weighted by atomic mass is 10.00. The van der Waals surface area contributed by atoms with Gasteiger partial charge in [-0.15, -0.1) is 0 Å². The summed E-state index contributed by atoms with van der Waals surface area (Å²) >= 11 is 0. The van der Waals surface area contributed by atoms with Crippen LogP contribution in [0, 0.1) is 13.8 Å². The maximum absolute atomic E-state index is 5.30. The van der Waals surface area contributed by atoms with Gasteiger partial charge in [-0.3, -0.25) is 4.99 Å². The molecule has 0 aliphatic carbocycles. The number of hydrogen-bond acceptors (Lipinski definition) is 4. The first-order valence-electron chi connectivity index (χ1n) is 10.2. The Balaban J connectivity index is 1.59. The molecule has 1 aromatic carbocycles. The minimum absolute atomic E-state index is 0.170. The predicted molar refractivity (Wildman–Crippen MR) is 115 cm³/mol. The Hall–Kier alpha value is -2.50. The van der Waals surface area contributed by atoms with Crippen LogP contribution in [0.2, 0.25) is 0 Å². The number of aromatic nitrogens is 1. The lowest BCUT2D eigenvalue weighted by molar-refractivity contribution is 0.391. The molecule has 0 bridgehead atoms. The van der Waals surface area contributed by atoms with Crippen molar-refractivity contribution in [3.8, 4) is 0 Å². The van der Waals surface area contributed by atoms with Gasteiger partial charge in [-0.1, -0.05) is 24.2 Å². The predicted octanol–water partition coefficient (Wildman–Crippen LogP) is 3.92. The molecule has 0 amide bonds. The van der Waals surface area contributed by atoms with Crippen molar-refractivity contribution in [2.45, 2.75) is 52.5 Å². The molecule has 1 saturated heterocycles. The van der Waals surface area contributed by atoms with Crippen LogP contribution in [0.15, 0.2) is 33.8 Å². The Morgan fingerprint density at radius 1 is 1.25 bits per heavy atom. The zero-order valence-electron chi connectivity index (χ0n) is 17.7. The maximum atomic E-state index is 5.30. The maximum Gasteiger partial charge on any atom is 0.191 e. The number of nitrogens with zero attached hydrogens (tertiary/aromatic N) is 3. The van der Waals surface area contributed by atoms with E-state index in [1.807, 2.05) is 20.9 Å². The molecule has 2 unspecified atom stereocenters. The van der Waals surface area contributed by atoms with Crippen molar-refractivity contribution in [1.82, 2.24) is 15.8 Å². The lowest BCUT2D eigenvalue weighted by Gasteiger charge is -2.22. The summed E-state index contributed by atoms with van der Waals surface area (Å²) in [5.74, 6) is 1.98. The molecule has 1 fully saturated rings. The topological polar surface area (TPSA) is 65.7 Å². The van der Waals surface area contributed by atoms with E-state index < -0.39 is 0 Å². The summed E-state index contributed by atoms with van der Waals surface area (Å²) in [5, 5.41) is 11.0. The van der Waals surface area contributed by atoms with Crippen LogP contribution in [0.5, 0.6) is 0 Å². The van der Waals surface area contributed by atoms with Gasteiger partial charge < -0.3 is 20.1 Å². The molecule has 0 spiro atoms. The highest BCUT2D eigenvalue weighted by Gasteiger charge is 2.18. The van der Waals surface area contributed by atoms with E-state index in [0.717, 1.165) is 37.0 Å². The summed E-state index contributed by atoms with van der Waals surface area (Å²) in [6.07, 6.45) is 2.58. The number of guanidine groups is 1. The summed E-state index contributed by atoms with van der Waals surface area (Å²) in [6.45, 7) is 11.4. The van der Waals surface area contributed by atoms with Gasteiger partial charge in [0, 0.05) is 43.9 Å². The third-order valence-corrected chi connectivity index (χ3v) is 5.58. The van der Waals surface area contributed by atoms with Crippen molar-refractivity contribution in [1.29, 1.82) is 0 Å². The normalized spacial score (nSPS) is 16.9. The van der Waals surface area contributed by atoms with Crippen LogP contribution in [0.3, 0.4) is 0 Å². The number of nitrogens with one attached hydrogen (secondary N) is 2. The molecule has 0 saturated carbocycles. The molecule has 3 rings (SSSR count). The summed E-state index contributed by atoms with van der Waals surface area (Å²) < 4.78 is 5.30. The summed E-state index contributed by atoms with van der Waals surface area (Å²) in [7, 11) is 1.81. The van der Waals surface area contributed by atoms with Crippen molar-refractivity contribution in [3.63, 3.8) is 0 Å². The van der Waals surface area contributed by atoms with Gasteiger partial charge in [0.15, 0.2) is 5.96 Å². The van der Waals surface area contributed by atoms with Crippen molar-refractivity contribution < 1.29 is 4.52 Å². The van der Waals surface area contributed by atoms with Gasteiger partial charge in [-0.2, -0.15) is 0 Å². The quantitative estimate of drug-likeness (QED) is 0.585. The van der Waals surface area contributed by atoms with Crippen LogP contribution < -0.4 is 15.5 Å². The fourth-order valence-corrected chi connectivity index (χ4v) is 3.99. The molecule has 2 atom stereocenters. The second-order valence-electron chi connectivity index (χ2n) is 7.75. The molecule has 1 aliphatic heterocycles. The van der Waals surface area contributed by atoms with E-state index in [9.17, 15) is 0 Å². The fourth-order valence-electron chi connectivity index (χ4n) is 3.99. The SMILES string of the molecule is CN=C(NCC(C)c1c(C)noc1C)NC(C)c1cccc(N2CCCC2)c1. The molecule has 0 radical (unpaired) electrons. The molecule has 2 aromatic rings. The number of anilines is 1. The summed E-state index contributed by atoms with van der Waals surface area (Å²) in [6, 6.07) is 9.00. The minimum Gasteiger partial charge on any atom is -0.372 e. The van der Waals surface area contributed by atoms with E-state index in [0.29, 0.717) is 5.92 Å². The van der Waals surface area contributed by atoms with E-state index in [-0.39, 0.29) is 6.04 Å². The molecule has 2 heterocycles. The van der Waals surface area contributed by atoms with E-state index in [2.05, 4.69) is 63.8 Å². The van der Waals surface area contributed by atoms with Crippen molar-refractivity contribution >= 4 is 11.6 Å². The van der Waals surface area contributed by atoms with E-state index in [4.69, 9.17) is 4.52 Å². The molecule has 6 nitrogen and oxygen atoms in total. The largest absolute Gasteiger partial charge is 0.372 e. The van der Waals surface area contributed by atoms with Crippen molar-refractivity contribution in [3.05, 3.63) is 46.8 Å². The third kappa shape index (κ3) is 4.66. The van der Waals surface area contributed by atoms with Gasteiger partial charge in [0.1, 0.15) is 5.76 Å². The molecular formula is C22H33N5O. The fraction of sp³-hybridized carbons (Fsp3) is 0.545. The molecule has 28 heavy (non-hydrogen) atoms. The molecule has 1 aromatic heterocycles. The molecule has 1 aliphatic rings. The average molecular weight is 384 g/mol. The Kier molecular flexibility index (Phi) is 6.60. The van der Waals surface area contributed by atoms with Gasteiger partial charge in [0.05, 0.1) is 11.7 Å². The van der Waals surface area contributed by atoms with Crippen LogP contribution in [0.1, 0.15) is 61.2 Å². The van der Waals surface area contributed by atoms with Gasteiger partial charge in [0.2, 0.25) is 0 Å².